The van der Waals surface area contributed by atoms with Gasteiger partial charge in [-0.15, -0.1) is 0 Å². The summed E-state index contributed by atoms with van der Waals surface area (Å²) in [5.41, 5.74) is -2.24. The first-order chi connectivity index (χ1) is 9.19. The lowest BCUT2D eigenvalue weighted by molar-refractivity contribution is 0.409. The van der Waals surface area contributed by atoms with E-state index in [4.69, 9.17) is 0 Å². The molecule has 0 aromatic heterocycles. The Balaban J connectivity index is 2.69. The molecule has 0 heterocycles. The minimum absolute atomic E-state index is 0.0886. The highest BCUT2D eigenvalue weighted by Crippen LogP contribution is 2.55. The maximum absolute atomic E-state index is 9.43. The molecule has 0 saturated carbocycles. The summed E-state index contributed by atoms with van der Waals surface area (Å²) in [6.45, 7) is 0. The van der Waals surface area contributed by atoms with Crippen molar-refractivity contribution in [3.8, 4) is 24.3 Å². The predicted octanol–water partition coefficient (Wildman–Crippen LogP) is 2.54. The summed E-state index contributed by atoms with van der Waals surface area (Å²) in [6.07, 6.45) is 1.74. The Hall–Kier alpha value is -3.08. The van der Waals surface area contributed by atoms with Crippen LogP contribution in [0.4, 0.5) is 0 Å². The van der Waals surface area contributed by atoms with E-state index in [1.165, 1.54) is 0 Å². The fourth-order valence-electron chi connectivity index (χ4n) is 2.36. The SMILES string of the molecule is N#CC1(C#N)CC=C(c2ccccc2)C1(C#N)C#N. The van der Waals surface area contributed by atoms with Gasteiger partial charge in [-0.3, -0.25) is 0 Å². The molecular formula is C15H8N4. The standard InChI is InChI=1S/C15H8N4/c16-8-14(9-17)7-6-13(15(14,10-18)11-19)12-4-2-1-3-5-12/h1-6H,7H2. The molecule has 1 aliphatic rings. The first kappa shape index (κ1) is 12.4. The summed E-state index contributed by atoms with van der Waals surface area (Å²) in [4.78, 5) is 0. The maximum Gasteiger partial charge on any atom is 0.200 e. The minimum atomic E-state index is -1.74. The Kier molecular flexibility index (Phi) is 2.80. The van der Waals surface area contributed by atoms with Gasteiger partial charge in [-0.05, 0) is 11.1 Å². The molecule has 4 nitrogen and oxygen atoms in total. The molecule has 0 fully saturated rings. The van der Waals surface area contributed by atoms with E-state index in [1.807, 2.05) is 30.3 Å². The third kappa shape index (κ3) is 1.42. The van der Waals surface area contributed by atoms with Gasteiger partial charge in [0.25, 0.3) is 0 Å². The third-order valence-electron chi connectivity index (χ3n) is 3.46. The lowest BCUT2D eigenvalue weighted by Crippen LogP contribution is -2.35. The van der Waals surface area contributed by atoms with Gasteiger partial charge in [0.1, 0.15) is 0 Å². The van der Waals surface area contributed by atoms with Crippen molar-refractivity contribution in [2.45, 2.75) is 6.42 Å². The molecule has 4 heteroatoms. The van der Waals surface area contributed by atoms with E-state index in [-0.39, 0.29) is 6.42 Å². The number of allylic oxidation sites excluding steroid dienone is 2. The van der Waals surface area contributed by atoms with Crippen molar-refractivity contribution >= 4 is 5.57 Å². The van der Waals surface area contributed by atoms with Crippen LogP contribution in [0.15, 0.2) is 36.4 Å². The van der Waals surface area contributed by atoms with Crippen LogP contribution in [0.3, 0.4) is 0 Å². The quantitative estimate of drug-likeness (QED) is 0.758. The predicted molar refractivity (Wildman–Crippen MR) is 66.4 cm³/mol. The second-order valence-corrected chi connectivity index (χ2v) is 4.29. The van der Waals surface area contributed by atoms with Crippen LogP contribution in [0.5, 0.6) is 0 Å². The maximum atomic E-state index is 9.43. The number of hydrogen-bond donors (Lipinski definition) is 0. The van der Waals surface area contributed by atoms with Gasteiger partial charge in [-0.2, -0.15) is 21.0 Å². The molecule has 0 aliphatic heterocycles. The molecule has 2 rings (SSSR count). The molecule has 0 atom stereocenters. The monoisotopic (exact) mass is 244 g/mol. The molecule has 88 valence electrons. The zero-order chi connectivity index (χ0) is 13.9. The van der Waals surface area contributed by atoms with Crippen molar-refractivity contribution in [3.05, 3.63) is 42.0 Å². The largest absolute Gasteiger partial charge is 0.200 e. The Morgan fingerprint density at radius 1 is 0.842 bits per heavy atom. The number of nitriles is 4. The van der Waals surface area contributed by atoms with Crippen LogP contribution in [-0.2, 0) is 0 Å². The fourth-order valence-corrected chi connectivity index (χ4v) is 2.36. The molecule has 0 saturated heterocycles. The van der Waals surface area contributed by atoms with Gasteiger partial charge >= 0.3 is 0 Å². The van der Waals surface area contributed by atoms with Crippen molar-refractivity contribution in [2.24, 2.45) is 10.8 Å². The van der Waals surface area contributed by atoms with E-state index in [9.17, 15) is 21.0 Å². The molecular weight excluding hydrogens is 236 g/mol. The van der Waals surface area contributed by atoms with Crippen LogP contribution in [-0.4, -0.2) is 0 Å². The van der Waals surface area contributed by atoms with Crippen molar-refractivity contribution < 1.29 is 0 Å². The van der Waals surface area contributed by atoms with Gasteiger partial charge in [0.2, 0.25) is 5.41 Å². The van der Waals surface area contributed by atoms with Crippen LogP contribution < -0.4 is 0 Å². The molecule has 0 bridgehead atoms. The van der Waals surface area contributed by atoms with Crippen LogP contribution in [0.25, 0.3) is 5.57 Å². The summed E-state index contributed by atoms with van der Waals surface area (Å²) in [5.74, 6) is 0. The number of benzene rings is 1. The van der Waals surface area contributed by atoms with Crippen LogP contribution >= 0.6 is 0 Å². The molecule has 1 aromatic rings. The second kappa shape index (κ2) is 4.30. The first-order valence-electron chi connectivity index (χ1n) is 5.61. The van der Waals surface area contributed by atoms with E-state index in [0.717, 1.165) is 0 Å². The number of nitrogens with zero attached hydrogens (tertiary/aromatic N) is 4. The summed E-state index contributed by atoms with van der Waals surface area (Å²) in [5, 5.41) is 37.4. The Morgan fingerprint density at radius 3 is 1.89 bits per heavy atom. The number of hydrogen-bond acceptors (Lipinski definition) is 4. The molecule has 0 N–H and O–H groups in total. The smallest absolute Gasteiger partial charge is 0.196 e. The van der Waals surface area contributed by atoms with Gasteiger partial charge in [0.15, 0.2) is 5.41 Å². The van der Waals surface area contributed by atoms with Crippen molar-refractivity contribution in [2.75, 3.05) is 0 Å². The highest BCUT2D eigenvalue weighted by atomic mass is 14.6. The average Bonchev–Trinajstić information content (AvgIpc) is 2.83. The second-order valence-electron chi connectivity index (χ2n) is 4.29. The average molecular weight is 244 g/mol. The lowest BCUT2D eigenvalue weighted by atomic mass is 9.64. The zero-order valence-corrected chi connectivity index (χ0v) is 9.96. The normalized spacial score (nSPS) is 18.2. The molecule has 0 spiro atoms. The van der Waals surface area contributed by atoms with Crippen LogP contribution in [0.1, 0.15) is 12.0 Å². The first-order valence-corrected chi connectivity index (χ1v) is 5.61. The lowest BCUT2D eigenvalue weighted by Gasteiger charge is -2.26. The van der Waals surface area contributed by atoms with Crippen LogP contribution in [0, 0.1) is 56.2 Å². The van der Waals surface area contributed by atoms with Gasteiger partial charge in [0, 0.05) is 6.42 Å². The minimum Gasteiger partial charge on any atom is -0.196 e. The summed E-state index contributed by atoms with van der Waals surface area (Å²) in [7, 11) is 0. The Morgan fingerprint density at radius 2 is 1.42 bits per heavy atom. The Bertz CT molecular complexity index is 674. The van der Waals surface area contributed by atoms with Crippen molar-refractivity contribution in [3.63, 3.8) is 0 Å². The van der Waals surface area contributed by atoms with Crippen LogP contribution in [0.2, 0.25) is 0 Å². The molecule has 1 aromatic carbocycles. The van der Waals surface area contributed by atoms with Gasteiger partial charge < -0.3 is 0 Å². The van der Waals surface area contributed by atoms with Gasteiger partial charge in [0.05, 0.1) is 24.3 Å². The summed E-state index contributed by atoms with van der Waals surface area (Å²) < 4.78 is 0. The van der Waals surface area contributed by atoms with Gasteiger partial charge in [-0.1, -0.05) is 36.4 Å². The van der Waals surface area contributed by atoms with E-state index < -0.39 is 10.8 Å². The number of rotatable bonds is 1. The Labute approximate surface area is 111 Å². The van der Waals surface area contributed by atoms with Crippen molar-refractivity contribution in [1.82, 2.24) is 0 Å². The molecule has 0 amide bonds. The van der Waals surface area contributed by atoms with E-state index in [1.54, 1.807) is 30.3 Å². The molecule has 0 unspecified atom stereocenters. The summed E-state index contributed by atoms with van der Waals surface area (Å²) >= 11 is 0. The fraction of sp³-hybridized carbons (Fsp3) is 0.200. The zero-order valence-electron chi connectivity index (χ0n) is 9.96. The van der Waals surface area contributed by atoms with Crippen molar-refractivity contribution in [1.29, 1.82) is 21.0 Å². The van der Waals surface area contributed by atoms with E-state index in [2.05, 4.69) is 0 Å². The van der Waals surface area contributed by atoms with Gasteiger partial charge in [-0.25, -0.2) is 0 Å². The third-order valence-corrected chi connectivity index (χ3v) is 3.46. The highest BCUT2D eigenvalue weighted by Gasteiger charge is 2.60. The molecule has 0 radical (unpaired) electrons. The van der Waals surface area contributed by atoms with E-state index in [0.29, 0.717) is 11.1 Å². The highest BCUT2D eigenvalue weighted by molar-refractivity contribution is 5.81. The molecule has 1 aliphatic carbocycles. The van der Waals surface area contributed by atoms with E-state index >= 15 is 0 Å². The summed E-state index contributed by atoms with van der Waals surface area (Å²) in [6, 6.07) is 16.4. The topological polar surface area (TPSA) is 95.2 Å². The molecule has 19 heavy (non-hydrogen) atoms.